The van der Waals surface area contributed by atoms with Gasteiger partial charge in [-0.15, -0.1) is 23.7 Å². The van der Waals surface area contributed by atoms with Crippen molar-refractivity contribution in [2.45, 2.75) is 32.6 Å². The maximum atomic E-state index is 12.1. The molecule has 1 aromatic rings. The van der Waals surface area contributed by atoms with E-state index in [1.807, 2.05) is 6.92 Å². The first-order valence-corrected chi connectivity index (χ1v) is 7.56. The van der Waals surface area contributed by atoms with Crippen molar-refractivity contribution in [1.82, 2.24) is 10.3 Å². The first-order chi connectivity index (χ1) is 8.74. The fourth-order valence-electron chi connectivity index (χ4n) is 2.50. The first-order valence-electron chi connectivity index (χ1n) is 6.74. The molecule has 0 aromatic carbocycles. The van der Waals surface area contributed by atoms with Crippen LogP contribution < -0.4 is 10.6 Å². The number of hydrogen-bond acceptors (Lipinski definition) is 4. The van der Waals surface area contributed by atoms with E-state index in [0.29, 0.717) is 5.92 Å². The molecule has 19 heavy (non-hydrogen) atoms. The van der Waals surface area contributed by atoms with Crippen LogP contribution in [0.25, 0.3) is 0 Å². The highest BCUT2D eigenvalue weighted by Crippen LogP contribution is 2.30. The molecule has 1 aliphatic carbocycles. The SMILES string of the molecule is CC(C(=O)Nc1nc2c(s1)CCCC2)C1CNC1.Cl. The van der Waals surface area contributed by atoms with Crippen LogP contribution in [0.5, 0.6) is 0 Å². The Labute approximate surface area is 123 Å². The van der Waals surface area contributed by atoms with E-state index in [1.165, 1.54) is 23.4 Å². The normalized spacial score (nSPS) is 19.8. The lowest BCUT2D eigenvalue weighted by Gasteiger charge is -2.31. The van der Waals surface area contributed by atoms with E-state index in [4.69, 9.17) is 0 Å². The smallest absolute Gasteiger partial charge is 0.229 e. The summed E-state index contributed by atoms with van der Waals surface area (Å²) in [6.45, 7) is 3.93. The lowest BCUT2D eigenvalue weighted by molar-refractivity contribution is -0.121. The van der Waals surface area contributed by atoms with Gasteiger partial charge in [-0.25, -0.2) is 4.98 Å². The summed E-state index contributed by atoms with van der Waals surface area (Å²) in [5.74, 6) is 0.680. The van der Waals surface area contributed by atoms with Crippen molar-refractivity contribution in [3.05, 3.63) is 10.6 Å². The highest BCUT2D eigenvalue weighted by atomic mass is 35.5. The van der Waals surface area contributed by atoms with Crippen LogP contribution in [0.2, 0.25) is 0 Å². The van der Waals surface area contributed by atoms with Crippen LogP contribution in [0, 0.1) is 11.8 Å². The number of anilines is 1. The van der Waals surface area contributed by atoms with Gasteiger partial charge in [0, 0.05) is 10.8 Å². The van der Waals surface area contributed by atoms with Gasteiger partial charge < -0.3 is 10.6 Å². The molecule has 1 aromatic heterocycles. The second-order valence-electron chi connectivity index (χ2n) is 5.29. The molecule has 106 valence electrons. The van der Waals surface area contributed by atoms with E-state index < -0.39 is 0 Å². The molecule has 1 atom stereocenters. The molecule has 3 rings (SSSR count). The van der Waals surface area contributed by atoms with Crippen molar-refractivity contribution < 1.29 is 4.79 Å². The lowest BCUT2D eigenvalue weighted by Crippen LogP contribution is -2.48. The quantitative estimate of drug-likeness (QED) is 0.900. The van der Waals surface area contributed by atoms with E-state index in [1.54, 1.807) is 11.3 Å². The minimum atomic E-state index is 0. The summed E-state index contributed by atoms with van der Waals surface area (Å²) in [4.78, 5) is 18.0. The predicted octanol–water partition coefficient (Wildman–Crippen LogP) is 2.24. The Morgan fingerprint density at radius 2 is 2.16 bits per heavy atom. The maximum absolute atomic E-state index is 12.1. The highest BCUT2D eigenvalue weighted by molar-refractivity contribution is 7.15. The average Bonchev–Trinajstić information content (AvgIpc) is 2.68. The molecular weight excluding hydrogens is 282 g/mol. The van der Waals surface area contributed by atoms with Gasteiger partial charge in [0.2, 0.25) is 5.91 Å². The molecule has 1 amide bonds. The third-order valence-corrected chi connectivity index (χ3v) is 5.08. The maximum Gasteiger partial charge on any atom is 0.229 e. The number of amides is 1. The Bertz CT molecular complexity index is 435. The highest BCUT2D eigenvalue weighted by Gasteiger charge is 2.29. The van der Waals surface area contributed by atoms with Crippen molar-refractivity contribution in [3.63, 3.8) is 0 Å². The molecular formula is C13H20ClN3OS. The number of carbonyl (C=O) groups is 1. The van der Waals surface area contributed by atoms with Crippen molar-refractivity contribution in [3.8, 4) is 0 Å². The first kappa shape index (κ1) is 14.8. The number of halogens is 1. The number of carbonyl (C=O) groups excluding carboxylic acids is 1. The third-order valence-electron chi connectivity index (χ3n) is 4.01. The average molecular weight is 302 g/mol. The molecule has 4 nitrogen and oxygen atoms in total. The van der Waals surface area contributed by atoms with Gasteiger partial charge in [-0.1, -0.05) is 6.92 Å². The second kappa shape index (κ2) is 6.20. The summed E-state index contributed by atoms with van der Waals surface area (Å²) in [7, 11) is 0. The van der Waals surface area contributed by atoms with E-state index in [-0.39, 0.29) is 24.2 Å². The van der Waals surface area contributed by atoms with Crippen molar-refractivity contribution in [2.24, 2.45) is 11.8 Å². The monoisotopic (exact) mass is 301 g/mol. The van der Waals surface area contributed by atoms with Crippen LogP contribution in [0.3, 0.4) is 0 Å². The minimum Gasteiger partial charge on any atom is -0.316 e. The number of aromatic nitrogens is 1. The summed E-state index contributed by atoms with van der Waals surface area (Å²) in [5.41, 5.74) is 1.21. The van der Waals surface area contributed by atoms with Gasteiger partial charge >= 0.3 is 0 Å². The molecule has 0 bridgehead atoms. The Hall–Kier alpha value is -0.650. The Morgan fingerprint density at radius 1 is 1.42 bits per heavy atom. The summed E-state index contributed by atoms with van der Waals surface area (Å²) in [5, 5.41) is 6.99. The van der Waals surface area contributed by atoms with E-state index in [0.717, 1.165) is 31.1 Å². The largest absolute Gasteiger partial charge is 0.316 e. The molecule has 6 heteroatoms. The van der Waals surface area contributed by atoms with E-state index >= 15 is 0 Å². The molecule has 2 heterocycles. The van der Waals surface area contributed by atoms with Crippen LogP contribution in [0.4, 0.5) is 5.13 Å². The van der Waals surface area contributed by atoms with Gasteiger partial charge in [0.25, 0.3) is 0 Å². The fourth-order valence-corrected chi connectivity index (χ4v) is 3.56. The Balaban J connectivity index is 0.00000133. The topological polar surface area (TPSA) is 54.0 Å². The van der Waals surface area contributed by atoms with Crippen molar-refractivity contribution >= 4 is 34.8 Å². The number of aryl methyl sites for hydroxylation is 2. The molecule has 2 aliphatic rings. The predicted molar refractivity (Wildman–Crippen MR) is 80.2 cm³/mol. The number of nitrogens with zero attached hydrogens (tertiary/aromatic N) is 1. The number of hydrogen-bond donors (Lipinski definition) is 2. The van der Waals surface area contributed by atoms with Crippen LogP contribution in [0.15, 0.2) is 0 Å². The summed E-state index contributed by atoms with van der Waals surface area (Å²) in [6, 6.07) is 0. The zero-order valence-electron chi connectivity index (χ0n) is 11.1. The van der Waals surface area contributed by atoms with E-state index in [2.05, 4.69) is 15.6 Å². The van der Waals surface area contributed by atoms with Crippen LogP contribution in [0.1, 0.15) is 30.3 Å². The fraction of sp³-hybridized carbons (Fsp3) is 0.692. The molecule has 1 aliphatic heterocycles. The zero-order valence-corrected chi connectivity index (χ0v) is 12.7. The van der Waals surface area contributed by atoms with Gasteiger partial charge in [0.15, 0.2) is 5.13 Å². The van der Waals surface area contributed by atoms with E-state index in [9.17, 15) is 4.79 Å². The van der Waals surface area contributed by atoms with Crippen molar-refractivity contribution in [1.29, 1.82) is 0 Å². The molecule has 1 unspecified atom stereocenters. The van der Waals surface area contributed by atoms with Crippen LogP contribution in [-0.2, 0) is 17.6 Å². The molecule has 0 spiro atoms. The number of nitrogens with one attached hydrogen (secondary N) is 2. The van der Waals surface area contributed by atoms with Crippen LogP contribution in [-0.4, -0.2) is 24.0 Å². The minimum absolute atomic E-state index is 0. The third kappa shape index (κ3) is 3.09. The summed E-state index contributed by atoms with van der Waals surface area (Å²) in [6.07, 6.45) is 4.69. The van der Waals surface area contributed by atoms with Crippen LogP contribution >= 0.6 is 23.7 Å². The number of thiazole rings is 1. The van der Waals surface area contributed by atoms with Gasteiger partial charge in [-0.05, 0) is 44.7 Å². The van der Waals surface area contributed by atoms with Gasteiger partial charge in [0.05, 0.1) is 5.69 Å². The zero-order chi connectivity index (χ0) is 12.5. The molecule has 2 N–H and O–H groups in total. The molecule has 0 radical (unpaired) electrons. The van der Waals surface area contributed by atoms with Crippen molar-refractivity contribution in [2.75, 3.05) is 18.4 Å². The van der Waals surface area contributed by atoms with Gasteiger partial charge in [0.1, 0.15) is 0 Å². The van der Waals surface area contributed by atoms with Gasteiger partial charge in [-0.3, -0.25) is 4.79 Å². The molecule has 1 fully saturated rings. The second-order valence-corrected chi connectivity index (χ2v) is 6.38. The summed E-state index contributed by atoms with van der Waals surface area (Å²) < 4.78 is 0. The summed E-state index contributed by atoms with van der Waals surface area (Å²) >= 11 is 1.66. The standard InChI is InChI=1S/C13H19N3OS.ClH/c1-8(9-6-14-7-9)12(17)16-13-15-10-4-2-3-5-11(10)18-13;/h8-9,14H,2-7H2,1H3,(H,15,16,17);1H. The Morgan fingerprint density at radius 3 is 2.79 bits per heavy atom. The number of fused-ring (bicyclic) bond motifs is 1. The lowest BCUT2D eigenvalue weighted by atomic mass is 9.88. The number of rotatable bonds is 3. The van der Waals surface area contributed by atoms with Gasteiger partial charge in [-0.2, -0.15) is 0 Å². The molecule has 1 saturated heterocycles. The molecule has 0 saturated carbocycles. The Kier molecular flexibility index (Phi) is 4.81.